The predicted molar refractivity (Wildman–Crippen MR) is 86.9 cm³/mol. The first-order valence-electron chi connectivity index (χ1n) is 8.17. The maximum absolute atomic E-state index is 12.1. The minimum absolute atomic E-state index is 0.173. The average molecular weight is 314 g/mol. The smallest absolute Gasteiger partial charge is 0.410 e. The molecule has 2 fully saturated rings. The molecule has 122 valence electrons. The number of likely N-dealkylation sites (tertiary alicyclic amines) is 1. The monoisotopic (exact) mass is 313 g/mol. The molecule has 2 rings (SSSR count). The minimum Gasteiger partial charge on any atom is -0.453 e. The first kappa shape index (κ1) is 16.8. The molecule has 4 nitrogen and oxygen atoms in total. The van der Waals surface area contributed by atoms with Gasteiger partial charge in [-0.3, -0.25) is 4.90 Å². The van der Waals surface area contributed by atoms with Crippen molar-refractivity contribution in [3.05, 3.63) is 0 Å². The Morgan fingerprint density at radius 2 is 1.95 bits per heavy atom. The van der Waals surface area contributed by atoms with Gasteiger partial charge in [-0.15, -0.1) is 0 Å². The Labute approximate surface area is 130 Å². The Morgan fingerprint density at radius 1 is 1.29 bits per heavy atom. The lowest BCUT2D eigenvalue weighted by molar-refractivity contribution is 0.0852. The third-order valence-electron chi connectivity index (χ3n) is 5.77. The third kappa shape index (κ3) is 3.29. The van der Waals surface area contributed by atoms with Gasteiger partial charge in [-0.25, -0.2) is 4.79 Å². The van der Waals surface area contributed by atoms with Crippen LogP contribution in [-0.4, -0.2) is 45.1 Å². The number of hydrogen-bond acceptors (Lipinski definition) is 3. The summed E-state index contributed by atoms with van der Waals surface area (Å²) in [5, 5.41) is 0.206. The van der Waals surface area contributed by atoms with Gasteiger partial charge in [0.15, 0.2) is 8.32 Å². The number of rotatable bonds is 3. The summed E-state index contributed by atoms with van der Waals surface area (Å²) in [6.45, 7) is 12.0. The van der Waals surface area contributed by atoms with Crippen LogP contribution in [0.2, 0.25) is 18.1 Å². The summed E-state index contributed by atoms with van der Waals surface area (Å²) < 4.78 is 11.4. The number of carbonyl (C=O) groups excluding carboxylic acids is 1. The Hall–Kier alpha value is -0.553. The molecule has 0 unspecified atom stereocenters. The second kappa shape index (κ2) is 5.92. The van der Waals surface area contributed by atoms with Crippen LogP contribution in [0.4, 0.5) is 4.79 Å². The maximum Gasteiger partial charge on any atom is 0.410 e. The fraction of sp³-hybridized carbons (Fsp3) is 0.938. The zero-order valence-electron chi connectivity index (χ0n) is 14.4. The van der Waals surface area contributed by atoms with E-state index in [2.05, 4.69) is 33.9 Å². The second-order valence-corrected chi connectivity index (χ2v) is 12.9. The van der Waals surface area contributed by atoms with Crippen molar-refractivity contribution in [3.63, 3.8) is 0 Å². The summed E-state index contributed by atoms with van der Waals surface area (Å²) in [4.78, 5) is 14.1. The molecule has 1 saturated carbocycles. The van der Waals surface area contributed by atoms with Crippen molar-refractivity contribution in [2.75, 3.05) is 13.7 Å². The number of carbonyl (C=O) groups is 1. The summed E-state index contributed by atoms with van der Waals surface area (Å²) in [5.41, 5.74) is 0. The van der Waals surface area contributed by atoms with Gasteiger partial charge in [0.1, 0.15) is 0 Å². The van der Waals surface area contributed by atoms with Crippen molar-refractivity contribution >= 4 is 14.4 Å². The molecule has 1 aliphatic carbocycles. The van der Waals surface area contributed by atoms with E-state index >= 15 is 0 Å². The molecule has 0 aromatic rings. The van der Waals surface area contributed by atoms with E-state index in [1.807, 2.05) is 4.90 Å². The summed E-state index contributed by atoms with van der Waals surface area (Å²) in [6.07, 6.45) is 4.51. The van der Waals surface area contributed by atoms with E-state index in [4.69, 9.17) is 9.16 Å². The number of amides is 1. The average Bonchev–Trinajstić information content (AvgIpc) is 2.93. The normalized spacial score (nSPS) is 29.6. The van der Waals surface area contributed by atoms with Gasteiger partial charge >= 0.3 is 6.09 Å². The fourth-order valence-electron chi connectivity index (χ4n) is 3.45. The summed E-state index contributed by atoms with van der Waals surface area (Å²) in [6, 6.07) is 0.576. The summed E-state index contributed by atoms with van der Waals surface area (Å²) in [5.74, 6) is 0.650. The van der Waals surface area contributed by atoms with Crippen LogP contribution < -0.4 is 0 Å². The quantitative estimate of drug-likeness (QED) is 0.739. The molecule has 0 radical (unpaired) electrons. The zero-order valence-corrected chi connectivity index (χ0v) is 15.4. The van der Waals surface area contributed by atoms with Crippen molar-refractivity contribution in [2.24, 2.45) is 5.92 Å². The molecule has 0 spiro atoms. The van der Waals surface area contributed by atoms with Crippen LogP contribution in [0.25, 0.3) is 0 Å². The lowest BCUT2D eigenvalue weighted by atomic mass is 10.0. The Kier molecular flexibility index (Phi) is 4.74. The van der Waals surface area contributed by atoms with Crippen molar-refractivity contribution in [3.8, 4) is 0 Å². The SMILES string of the molecule is COC(=O)N1[C@@H](CO[Si](C)(C)C(C)(C)C)C[C@H]2CCC[C@H]21. The number of ether oxygens (including phenoxy) is 1. The van der Waals surface area contributed by atoms with E-state index in [0.717, 1.165) is 12.8 Å². The molecule has 0 N–H and O–H groups in total. The van der Waals surface area contributed by atoms with Crippen LogP contribution in [0.1, 0.15) is 46.5 Å². The maximum atomic E-state index is 12.1. The standard InChI is InChI=1S/C16H31NO3Si/c1-16(2,3)21(5,6)20-11-13-10-12-8-7-9-14(12)17(13)15(18)19-4/h12-14H,7-11H2,1-6H3/t12-,13-,14-/m1/s1. The molecule has 1 aliphatic heterocycles. The summed E-state index contributed by atoms with van der Waals surface area (Å²) in [7, 11) is -0.279. The van der Waals surface area contributed by atoms with Crippen LogP contribution in [0.15, 0.2) is 0 Å². The van der Waals surface area contributed by atoms with Gasteiger partial charge in [-0.05, 0) is 43.3 Å². The van der Waals surface area contributed by atoms with Gasteiger partial charge < -0.3 is 9.16 Å². The third-order valence-corrected chi connectivity index (χ3v) is 10.3. The summed E-state index contributed by atoms with van der Waals surface area (Å²) >= 11 is 0. The van der Waals surface area contributed by atoms with Crippen LogP contribution in [-0.2, 0) is 9.16 Å². The van der Waals surface area contributed by atoms with Crippen LogP contribution in [0, 0.1) is 5.92 Å². The number of hydrogen-bond donors (Lipinski definition) is 0. The largest absolute Gasteiger partial charge is 0.453 e. The Morgan fingerprint density at radius 3 is 2.52 bits per heavy atom. The van der Waals surface area contributed by atoms with Gasteiger partial charge in [-0.2, -0.15) is 0 Å². The van der Waals surface area contributed by atoms with Gasteiger partial charge in [0.05, 0.1) is 19.8 Å². The zero-order chi connectivity index (χ0) is 15.8. The van der Waals surface area contributed by atoms with Crippen LogP contribution in [0.5, 0.6) is 0 Å². The molecule has 3 atom stereocenters. The second-order valence-electron chi connectivity index (χ2n) is 8.10. The highest BCUT2D eigenvalue weighted by atomic mass is 28.4. The Bertz CT molecular complexity index is 391. The lowest BCUT2D eigenvalue weighted by Gasteiger charge is -2.38. The van der Waals surface area contributed by atoms with Crippen molar-refractivity contribution in [1.29, 1.82) is 0 Å². The molecule has 0 aromatic carbocycles. The number of methoxy groups -OCH3 is 1. The van der Waals surface area contributed by atoms with Gasteiger partial charge in [0.25, 0.3) is 0 Å². The van der Waals surface area contributed by atoms with E-state index < -0.39 is 8.32 Å². The van der Waals surface area contributed by atoms with Gasteiger partial charge in [0.2, 0.25) is 0 Å². The van der Waals surface area contributed by atoms with E-state index in [0.29, 0.717) is 18.6 Å². The first-order valence-corrected chi connectivity index (χ1v) is 11.1. The lowest BCUT2D eigenvalue weighted by Crippen LogP contribution is -2.47. The van der Waals surface area contributed by atoms with Crippen molar-refractivity contribution < 1.29 is 14.0 Å². The minimum atomic E-state index is -1.76. The predicted octanol–water partition coefficient (Wildman–Crippen LogP) is 4.02. The van der Waals surface area contributed by atoms with Gasteiger partial charge in [-0.1, -0.05) is 27.2 Å². The molecule has 1 saturated heterocycles. The van der Waals surface area contributed by atoms with Gasteiger partial charge in [0, 0.05) is 6.04 Å². The number of fused-ring (bicyclic) bond motifs is 1. The van der Waals surface area contributed by atoms with E-state index in [-0.39, 0.29) is 17.2 Å². The topological polar surface area (TPSA) is 38.8 Å². The molecule has 0 aromatic heterocycles. The van der Waals surface area contributed by atoms with Crippen molar-refractivity contribution in [2.45, 2.75) is 76.7 Å². The van der Waals surface area contributed by atoms with Crippen molar-refractivity contribution in [1.82, 2.24) is 4.90 Å². The molecule has 21 heavy (non-hydrogen) atoms. The highest BCUT2D eigenvalue weighted by molar-refractivity contribution is 6.74. The molecular weight excluding hydrogens is 282 g/mol. The Balaban J connectivity index is 2.03. The molecule has 0 bridgehead atoms. The van der Waals surface area contributed by atoms with E-state index in [9.17, 15) is 4.79 Å². The van der Waals surface area contributed by atoms with Crippen LogP contribution in [0.3, 0.4) is 0 Å². The molecular formula is C16H31NO3Si. The molecule has 1 amide bonds. The highest BCUT2D eigenvalue weighted by Crippen LogP contribution is 2.43. The first-order chi connectivity index (χ1) is 9.67. The van der Waals surface area contributed by atoms with E-state index in [1.165, 1.54) is 20.0 Å². The molecule has 2 aliphatic rings. The highest BCUT2D eigenvalue weighted by Gasteiger charge is 2.47. The molecule has 1 heterocycles. The number of nitrogens with zero attached hydrogens (tertiary/aromatic N) is 1. The molecule has 5 heteroatoms. The van der Waals surface area contributed by atoms with Crippen LogP contribution >= 0.6 is 0 Å². The fourth-order valence-corrected chi connectivity index (χ4v) is 4.49. The van der Waals surface area contributed by atoms with E-state index in [1.54, 1.807) is 0 Å².